The summed E-state index contributed by atoms with van der Waals surface area (Å²) in [5, 5.41) is 2.66. The first-order valence-electron chi connectivity index (χ1n) is 9.17. The normalized spacial score (nSPS) is 14.5. The number of furan rings is 1. The summed E-state index contributed by atoms with van der Waals surface area (Å²) in [7, 11) is -1.02. The van der Waals surface area contributed by atoms with E-state index in [0.717, 1.165) is 14.9 Å². The first-order valence-corrected chi connectivity index (χ1v) is 11.4. The number of nitrogens with zero attached hydrogens (tertiary/aromatic N) is 3. The molecule has 0 aromatic carbocycles. The van der Waals surface area contributed by atoms with Crippen LogP contribution in [0.15, 0.2) is 21.6 Å². The van der Waals surface area contributed by atoms with Gasteiger partial charge in [0.05, 0.1) is 12.2 Å². The Morgan fingerprint density at radius 2 is 2.00 bits per heavy atom. The standard InChI is InChI=1S/C18H24N4O6S2/c1-18(2,3)28-17(24)22-9-8-11-13(10-22)29-16(19-11)20-15(23)12-6-7-14(27-12)30(25,26)21(4)5/h6-7H,8-10H2,1-5H3,(H,19,20,23). The molecule has 0 fully saturated rings. The van der Waals surface area contributed by atoms with Gasteiger partial charge in [0.1, 0.15) is 5.60 Å². The van der Waals surface area contributed by atoms with Crippen LogP contribution in [0.25, 0.3) is 0 Å². The van der Waals surface area contributed by atoms with Gasteiger partial charge in [-0.1, -0.05) is 11.3 Å². The molecule has 0 aliphatic carbocycles. The molecule has 1 N–H and O–H groups in total. The highest BCUT2D eigenvalue weighted by molar-refractivity contribution is 7.88. The summed E-state index contributed by atoms with van der Waals surface area (Å²) < 4.78 is 35.8. The number of thiazole rings is 1. The van der Waals surface area contributed by atoms with Gasteiger partial charge >= 0.3 is 6.09 Å². The molecule has 0 bridgehead atoms. The summed E-state index contributed by atoms with van der Waals surface area (Å²) in [6.45, 7) is 6.26. The lowest BCUT2D eigenvalue weighted by atomic mass is 10.2. The van der Waals surface area contributed by atoms with Crippen molar-refractivity contribution in [3.05, 3.63) is 28.5 Å². The molecule has 164 valence electrons. The largest absolute Gasteiger partial charge is 0.444 e. The van der Waals surface area contributed by atoms with E-state index < -0.39 is 27.6 Å². The maximum Gasteiger partial charge on any atom is 0.410 e. The van der Waals surface area contributed by atoms with Crippen molar-refractivity contribution in [3.8, 4) is 0 Å². The van der Waals surface area contributed by atoms with Crippen LogP contribution in [0.5, 0.6) is 0 Å². The van der Waals surface area contributed by atoms with Gasteiger partial charge in [-0.15, -0.1) is 0 Å². The number of carbonyl (C=O) groups is 2. The SMILES string of the molecule is CN(C)S(=O)(=O)c1ccc(C(=O)Nc2nc3c(s2)CN(C(=O)OC(C)(C)C)CC3)o1. The van der Waals surface area contributed by atoms with E-state index in [1.807, 2.05) is 20.8 Å². The van der Waals surface area contributed by atoms with E-state index in [4.69, 9.17) is 9.15 Å². The van der Waals surface area contributed by atoms with Crippen molar-refractivity contribution >= 4 is 38.5 Å². The van der Waals surface area contributed by atoms with Crippen LogP contribution in [0, 0.1) is 0 Å². The van der Waals surface area contributed by atoms with E-state index in [1.165, 1.54) is 37.6 Å². The van der Waals surface area contributed by atoms with Crippen molar-refractivity contribution in [1.29, 1.82) is 0 Å². The van der Waals surface area contributed by atoms with E-state index in [9.17, 15) is 18.0 Å². The number of nitrogens with one attached hydrogen (secondary N) is 1. The monoisotopic (exact) mass is 456 g/mol. The van der Waals surface area contributed by atoms with Crippen molar-refractivity contribution in [2.75, 3.05) is 26.0 Å². The van der Waals surface area contributed by atoms with Crippen molar-refractivity contribution in [2.24, 2.45) is 0 Å². The van der Waals surface area contributed by atoms with Crippen LogP contribution in [-0.4, -0.2) is 60.8 Å². The Hall–Kier alpha value is -2.44. The fourth-order valence-electron chi connectivity index (χ4n) is 2.65. The zero-order valence-electron chi connectivity index (χ0n) is 17.4. The van der Waals surface area contributed by atoms with Gasteiger partial charge in [0.2, 0.25) is 5.09 Å². The van der Waals surface area contributed by atoms with E-state index in [2.05, 4.69) is 10.3 Å². The first kappa shape index (κ1) is 22.2. The maximum atomic E-state index is 12.4. The molecule has 2 amide bonds. The Balaban J connectivity index is 1.68. The van der Waals surface area contributed by atoms with Gasteiger partial charge in [-0.3, -0.25) is 10.1 Å². The molecule has 0 atom stereocenters. The second-order valence-electron chi connectivity index (χ2n) is 7.90. The molecule has 10 nitrogen and oxygen atoms in total. The van der Waals surface area contributed by atoms with E-state index >= 15 is 0 Å². The fraction of sp³-hybridized carbons (Fsp3) is 0.500. The summed E-state index contributed by atoms with van der Waals surface area (Å²) in [6, 6.07) is 2.53. The number of carbonyl (C=O) groups excluding carboxylic acids is 2. The lowest BCUT2D eigenvalue weighted by Crippen LogP contribution is -2.39. The molecule has 2 aromatic heterocycles. The van der Waals surface area contributed by atoms with Crippen LogP contribution in [-0.2, 0) is 27.7 Å². The molecule has 0 radical (unpaired) electrons. The van der Waals surface area contributed by atoms with Gasteiger partial charge in [0.15, 0.2) is 10.9 Å². The van der Waals surface area contributed by atoms with Crippen molar-refractivity contribution in [1.82, 2.24) is 14.2 Å². The number of rotatable bonds is 4. The Labute approximate surface area is 178 Å². The summed E-state index contributed by atoms with van der Waals surface area (Å²) >= 11 is 1.25. The minimum atomic E-state index is -3.77. The summed E-state index contributed by atoms with van der Waals surface area (Å²) in [5.41, 5.74) is 0.233. The molecule has 2 aromatic rings. The molecule has 0 saturated heterocycles. The van der Waals surface area contributed by atoms with Gasteiger partial charge in [-0.25, -0.2) is 22.5 Å². The van der Waals surface area contributed by atoms with Crippen molar-refractivity contribution < 1.29 is 27.2 Å². The molecule has 3 heterocycles. The molecule has 0 unspecified atom stereocenters. The molecule has 30 heavy (non-hydrogen) atoms. The molecule has 3 rings (SSSR count). The Morgan fingerprint density at radius 1 is 1.30 bits per heavy atom. The molecule has 0 spiro atoms. The van der Waals surface area contributed by atoms with Crippen LogP contribution in [0.4, 0.5) is 9.93 Å². The molecular weight excluding hydrogens is 432 g/mol. The Kier molecular flexibility index (Phi) is 5.94. The number of sulfonamides is 1. The predicted molar refractivity (Wildman–Crippen MR) is 110 cm³/mol. The smallest absolute Gasteiger partial charge is 0.410 e. The highest BCUT2D eigenvalue weighted by Gasteiger charge is 2.29. The zero-order valence-corrected chi connectivity index (χ0v) is 19.0. The lowest BCUT2D eigenvalue weighted by Gasteiger charge is -2.29. The minimum Gasteiger partial charge on any atom is -0.444 e. The molecule has 1 aliphatic rings. The number of aromatic nitrogens is 1. The van der Waals surface area contributed by atoms with Crippen LogP contribution in [0.3, 0.4) is 0 Å². The third kappa shape index (κ3) is 4.82. The molecule has 1 aliphatic heterocycles. The average Bonchev–Trinajstić information content (AvgIpc) is 3.26. The molecular formula is C18H24N4O6S2. The number of ether oxygens (including phenoxy) is 1. The minimum absolute atomic E-state index is 0.140. The zero-order chi connectivity index (χ0) is 22.3. The predicted octanol–water partition coefficient (Wildman–Crippen LogP) is 2.53. The third-order valence-electron chi connectivity index (χ3n) is 4.14. The number of amides is 2. The van der Waals surface area contributed by atoms with Crippen LogP contribution < -0.4 is 5.32 Å². The quantitative estimate of drug-likeness (QED) is 0.750. The number of fused-ring (bicyclic) bond motifs is 1. The van der Waals surface area contributed by atoms with Gasteiger partial charge in [-0.05, 0) is 32.9 Å². The fourth-order valence-corrected chi connectivity index (χ4v) is 4.46. The highest BCUT2D eigenvalue weighted by atomic mass is 32.2. The van der Waals surface area contributed by atoms with Gasteiger partial charge in [0.25, 0.3) is 15.9 Å². The van der Waals surface area contributed by atoms with Crippen molar-refractivity contribution in [2.45, 2.75) is 44.4 Å². The second-order valence-corrected chi connectivity index (χ2v) is 11.1. The average molecular weight is 457 g/mol. The number of hydrogen-bond acceptors (Lipinski definition) is 8. The summed E-state index contributed by atoms with van der Waals surface area (Å²) in [4.78, 5) is 31.6. The molecule has 12 heteroatoms. The summed E-state index contributed by atoms with van der Waals surface area (Å²) in [5.74, 6) is -0.746. The van der Waals surface area contributed by atoms with Gasteiger partial charge in [-0.2, -0.15) is 0 Å². The second kappa shape index (κ2) is 8.00. The lowest BCUT2D eigenvalue weighted by molar-refractivity contribution is 0.0225. The van der Waals surface area contributed by atoms with E-state index in [0.29, 0.717) is 24.6 Å². The number of hydrogen-bond donors (Lipinski definition) is 1. The Morgan fingerprint density at radius 3 is 2.63 bits per heavy atom. The third-order valence-corrected chi connectivity index (χ3v) is 6.83. The van der Waals surface area contributed by atoms with Gasteiger partial charge in [0, 0.05) is 31.9 Å². The highest BCUT2D eigenvalue weighted by Crippen LogP contribution is 2.29. The van der Waals surface area contributed by atoms with Crippen LogP contribution >= 0.6 is 11.3 Å². The van der Waals surface area contributed by atoms with E-state index in [-0.39, 0.29) is 10.9 Å². The molecule has 0 saturated carbocycles. The van der Waals surface area contributed by atoms with E-state index in [1.54, 1.807) is 4.90 Å². The maximum absolute atomic E-state index is 12.4. The topological polar surface area (TPSA) is 122 Å². The summed E-state index contributed by atoms with van der Waals surface area (Å²) in [6.07, 6.45) is 0.157. The van der Waals surface area contributed by atoms with Crippen LogP contribution in [0.1, 0.15) is 41.9 Å². The van der Waals surface area contributed by atoms with Gasteiger partial charge < -0.3 is 14.1 Å². The first-order chi connectivity index (χ1) is 13.9. The van der Waals surface area contributed by atoms with Crippen molar-refractivity contribution in [3.63, 3.8) is 0 Å². The number of anilines is 1. The Bertz CT molecular complexity index is 1060. The van der Waals surface area contributed by atoms with Crippen LogP contribution in [0.2, 0.25) is 0 Å².